The van der Waals surface area contributed by atoms with Gasteiger partial charge in [0.15, 0.2) is 5.60 Å². The van der Waals surface area contributed by atoms with Gasteiger partial charge in [0.25, 0.3) is 0 Å². The summed E-state index contributed by atoms with van der Waals surface area (Å²) < 4.78 is 11.3. The highest BCUT2D eigenvalue weighted by molar-refractivity contribution is 5.88. The summed E-state index contributed by atoms with van der Waals surface area (Å²) in [5.41, 5.74) is -0.622. The van der Waals surface area contributed by atoms with E-state index in [4.69, 9.17) is 29.9 Å². The molecule has 0 radical (unpaired) electrons. The maximum atomic E-state index is 12.8. The first kappa shape index (κ1) is 32.7. The van der Waals surface area contributed by atoms with Gasteiger partial charge in [-0.15, -0.1) is 0 Å². The zero-order chi connectivity index (χ0) is 30.6. The number of ether oxygens (including phenoxy) is 2. The number of hydrogen-bond donors (Lipinski definition) is 4. The van der Waals surface area contributed by atoms with Crippen LogP contribution in [0.5, 0.6) is 0 Å². The van der Waals surface area contributed by atoms with E-state index in [-0.39, 0.29) is 17.3 Å². The van der Waals surface area contributed by atoms with E-state index in [1.165, 1.54) is 43.5 Å². The first-order valence-corrected chi connectivity index (χ1v) is 14.1. The Labute approximate surface area is 244 Å². The zero-order valence-corrected chi connectivity index (χ0v) is 23.5. The molecule has 2 aromatic rings. The summed E-state index contributed by atoms with van der Waals surface area (Å²) in [6.45, 7) is 4.84. The number of benzene rings is 2. The molecule has 11 heteroatoms. The summed E-state index contributed by atoms with van der Waals surface area (Å²) in [4.78, 5) is 45.7. The molecule has 0 spiro atoms. The number of carboxylic acid groups (broad SMARTS) is 3. The summed E-state index contributed by atoms with van der Waals surface area (Å²) in [6, 6.07) is 20.6. The Balaban J connectivity index is 0.000000316. The van der Waals surface area contributed by atoms with Crippen molar-refractivity contribution < 1.29 is 49.1 Å². The highest BCUT2D eigenvalue weighted by Crippen LogP contribution is 2.59. The molecule has 1 aliphatic carbocycles. The van der Waals surface area contributed by atoms with Crippen molar-refractivity contribution in [2.24, 2.45) is 5.92 Å². The van der Waals surface area contributed by atoms with Crippen LogP contribution in [0.2, 0.25) is 0 Å². The predicted molar refractivity (Wildman–Crippen MR) is 151 cm³/mol. The molecule has 1 saturated heterocycles. The molecule has 4 N–H and O–H groups in total. The van der Waals surface area contributed by atoms with Gasteiger partial charge in [-0.2, -0.15) is 0 Å². The minimum atomic E-state index is -2.74. The smallest absolute Gasteiger partial charge is 0.336 e. The number of carbonyl (C=O) groups is 4. The van der Waals surface area contributed by atoms with Crippen LogP contribution in [0.3, 0.4) is 0 Å². The molecular formula is C31H39NO10. The monoisotopic (exact) mass is 585 g/mol. The Morgan fingerprint density at radius 1 is 0.786 bits per heavy atom. The summed E-state index contributed by atoms with van der Waals surface area (Å²) >= 11 is 0. The number of nitrogens with zero attached hydrogens (tertiary/aromatic N) is 1. The van der Waals surface area contributed by atoms with Crippen molar-refractivity contribution in [2.75, 3.05) is 39.5 Å². The third-order valence-electron chi connectivity index (χ3n) is 7.58. The molecule has 42 heavy (non-hydrogen) atoms. The number of piperidine rings is 1. The van der Waals surface area contributed by atoms with Crippen LogP contribution in [0.4, 0.5) is 0 Å². The van der Waals surface area contributed by atoms with Crippen LogP contribution in [0.1, 0.15) is 49.7 Å². The normalized spacial score (nSPS) is 17.8. The molecule has 1 atom stereocenters. The van der Waals surface area contributed by atoms with Gasteiger partial charge in [0.2, 0.25) is 0 Å². The fourth-order valence-electron chi connectivity index (χ4n) is 5.32. The van der Waals surface area contributed by atoms with E-state index in [1.54, 1.807) is 0 Å². The van der Waals surface area contributed by atoms with Crippen molar-refractivity contribution in [3.05, 3.63) is 71.8 Å². The SMILES string of the molecule is O=C(O)CC(O)(CC(=O)O)C(=O)O.O=C(OCCOCCN1CCCCC1)C1CC1(c1ccccc1)c1ccccc1. The van der Waals surface area contributed by atoms with Gasteiger partial charge in [0, 0.05) is 12.0 Å². The maximum Gasteiger partial charge on any atom is 0.336 e. The topological polar surface area (TPSA) is 171 Å². The van der Waals surface area contributed by atoms with Crippen LogP contribution in [0.25, 0.3) is 0 Å². The standard InChI is InChI=1S/C25H31NO3.C6H8O7/c27-24(29-19-18-28-17-16-26-14-8-3-9-15-26)23-20-25(23,21-10-4-1-5-11-21)22-12-6-2-7-13-22;7-3(8)1-6(13,5(11)12)2-4(9)10/h1-2,4-7,10-13,23H,3,8-9,14-20H2;13H,1-2H2,(H,7,8)(H,9,10)(H,11,12). The Hall–Kier alpha value is -3.80. The number of carboxylic acids is 3. The number of aliphatic carboxylic acids is 3. The lowest BCUT2D eigenvalue weighted by atomic mass is 9.86. The van der Waals surface area contributed by atoms with Crippen LogP contribution in [-0.2, 0) is 34.1 Å². The highest BCUT2D eigenvalue weighted by Gasteiger charge is 2.61. The van der Waals surface area contributed by atoms with Crippen LogP contribution in [0.15, 0.2) is 60.7 Å². The number of hydrogen-bond acceptors (Lipinski definition) is 8. The summed E-state index contributed by atoms with van der Waals surface area (Å²) in [5, 5.41) is 33.8. The van der Waals surface area contributed by atoms with Gasteiger partial charge in [-0.1, -0.05) is 67.1 Å². The van der Waals surface area contributed by atoms with Crippen molar-refractivity contribution in [1.82, 2.24) is 4.90 Å². The van der Waals surface area contributed by atoms with Gasteiger partial charge in [0.1, 0.15) is 6.61 Å². The maximum absolute atomic E-state index is 12.8. The molecule has 2 aliphatic rings. The second-order valence-corrected chi connectivity index (χ2v) is 10.6. The molecule has 0 amide bonds. The molecule has 1 unspecified atom stereocenters. The Kier molecular flexibility index (Phi) is 12.0. The van der Waals surface area contributed by atoms with Crippen molar-refractivity contribution in [3.63, 3.8) is 0 Å². The summed E-state index contributed by atoms with van der Waals surface area (Å²) in [5.74, 6) is -5.26. The average molecular weight is 586 g/mol. The van der Waals surface area contributed by atoms with Crippen molar-refractivity contribution in [2.45, 2.75) is 49.5 Å². The van der Waals surface area contributed by atoms with Gasteiger partial charge >= 0.3 is 23.9 Å². The molecule has 228 valence electrons. The fraction of sp³-hybridized carbons (Fsp3) is 0.484. The second kappa shape index (κ2) is 15.4. The number of esters is 1. The Morgan fingerprint density at radius 3 is 1.79 bits per heavy atom. The zero-order valence-electron chi connectivity index (χ0n) is 23.5. The van der Waals surface area contributed by atoms with E-state index in [0.29, 0.717) is 19.8 Å². The molecule has 2 aromatic carbocycles. The lowest BCUT2D eigenvalue weighted by molar-refractivity contribution is -0.170. The lowest BCUT2D eigenvalue weighted by Gasteiger charge is -2.26. The van der Waals surface area contributed by atoms with E-state index in [2.05, 4.69) is 29.2 Å². The predicted octanol–water partition coefficient (Wildman–Crippen LogP) is 2.79. The number of rotatable bonds is 14. The Bertz CT molecular complexity index is 1130. The van der Waals surface area contributed by atoms with E-state index < -0.39 is 36.4 Å². The van der Waals surface area contributed by atoms with Crippen molar-refractivity contribution in [1.29, 1.82) is 0 Å². The third-order valence-corrected chi connectivity index (χ3v) is 7.58. The van der Waals surface area contributed by atoms with Gasteiger partial charge in [-0.05, 0) is 43.5 Å². The largest absolute Gasteiger partial charge is 0.481 e. The summed E-state index contributed by atoms with van der Waals surface area (Å²) in [7, 11) is 0. The molecule has 1 saturated carbocycles. The average Bonchev–Trinajstić information content (AvgIpc) is 3.73. The fourth-order valence-corrected chi connectivity index (χ4v) is 5.32. The quantitative estimate of drug-likeness (QED) is 0.190. The van der Waals surface area contributed by atoms with Crippen molar-refractivity contribution >= 4 is 23.9 Å². The van der Waals surface area contributed by atoms with Crippen molar-refractivity contribution in [3.8, 4) is 0 Å². The van der Waals surface area contributed by atoms with Gasteiger partial charge in [-0.25, -0.2) is 4.79 Å². The van der Waals surface area contributed by atoms with Crippen LogP contribution >= 0.6 is 0 Å². The lowest BCUT2D eigenvalue weighted by Crippen LogP contribution is -2.42. The Morgan fingerprint density at radius 2 is 1.31 bits per heavy atom. The van der Waals surface area contributed by atoms with Crippen LogP contribution in [0, 0.1) is 5.92 Å². The highest BCUT2D eigenvalue weighted by atomic mass is 16.6. The molecule has 0 bridgehead atoms. The van der Waals surface area contributed by atoms with Gasteiger partial charge < -0.3 is 34.8 Å². The first-order valence-electron chi connectivity index (χ1n) is 14.1. The molecule has 1 heterocycles. The van der Waals surface area contributed by atoms with E-state index in [1.807, 2.05) is 36.4 Å². The molecule has 2 fully saturated rings. The molecule has 1 aliphatic heterocycles. The minimum absolute atomic E-state index is 0.114. The summed E-state index contributed by atoms with van der Waals surface area (Å²) in [6.07, 6.45) is 2.45. The number of likely N-dealkylation sites (tertiary alicyclic amines) is 1. The van der Waals surface area contributed by atoms with Gasteiger partial charge in [-0.3, -0.25) is 14.4 Å². The second-order valence-electron chi connectivity index (χ2n) is 10.6. The van der Waals surface area contributed by atoms with Gasteiger partial charge in [0.05, 0.1) is 32.0 Å². The molecule has 0 aromatic heterocycles. The minimum Gasteiger partial charge on any atom is -0.481 e. The first-order chi connectivity index (χ1) is 20.1. The van der Waals surface area contributed by atoms with E-state index in [0.717, 1.165) is 13.0 Å². The van der Waals surface area contributed by atoms with E-state index >= 15 is 0 Å². The molecule has 4 rings (SSSR count). The number of aliphatic hydroxyl groups is 1. The molecule has 11 nitrogen and oxygen atoms in total. The van der Waals surface area contributed by atoms with Crippen LogP contribution < -0.4 is 0 Å². The van der Waals surface area contributed by atoms with E-state index in [9.17, 15) is 19.2 Å². The third kappa shape index (κ3) is 9.10. The number of carbonyl (C=O) groups excluding carboxylic acids is 1. The van der Waals surface area contributed by atoms with Crippen LogP contribution in [-0.4, -0.2) is 94.3 Å². The molecular weight excluding hydrogens is 546 g/mol.